The third kappa shape index (κ3) is 5.88. The van der Waals surface area contributed by atoms with Gasteiger partial charge in [-0.15, -0.1) is 0 Å². The summed E-state index contributed by atoms with van der Waals surface area (Å²) >= 11 is 0. The normalized spacial score (nSPS) is 14.1. The topological polar surface area (TPSA) is 32.3 Å². The van der Waals surface area contributed by atoms with Crippen LogP contribution in [-0.4, -0.2) is 30.4 Å². The lowest BCUT2D eigenvalue weighted by molar-refractivity contribution is -0.127. The molecule has 1 N–H and O–H groups in total. The van der Waals surface area contributed by atoms with Crippen LogP contribution < -0.4 is 5.32 Å². The Kier molecular flexibility index (Phi) is 5.57. The minimum atomic E-state index is -0.259. The van der Waals surface area contributed by atoms with Gasteiger partial charge in [0.05, 0.1) is 0 Å². The quantitative estimate of drug-likeness (QED) is 0.898. The Balaban J connectivity index is 2.89. The summed E-state index contributed by atoms with van der Waals surface area (Å²) in [4.78, 5) is 14.7. The second kappa shape index (κ2) is 6.61. The Morgan fingerprint density at radius 3 is 2.05 bits per heavy atom. The Bertz CT molecular complexity index is 458. The summed E-state index contributed by atoms with van der Waals surface area (Å²) < 4.78 is 0. The first-order valence-electron chi connectivity index (χ1n) is 7.55. The molecule has 0 saturated carbocycles. The molecule has 0 heterocycles. The molecule has 1 amide bonds. The van der Waals surface area contributed by atoms with Gasteiger partial charge in [0.2, 0.25) is 5.91 Å². The summed E-state index contributed by atoms with van der Waals surface area (Å²) in [6.45, 7) is 10.8. The minimum Gasteiger partial charge on any atom is -0.350 e. The number of nitrogens with zero attached hydrogens (tertiary/aromatic N) is 1. The number of likely N-dealkylation sites (N-methyl/N-ethyl adjacent to an activating group) is 1. The molecule has 3 heteroatoms. The van der Waals surface area contributed by atoms with Gasteiger partial charge >= 0.3 is 0 Å². The lowest BCUT2D eigenvalue weighted by atomic mass is 9.81. The summed E-state index contributed by atoms with van der Waals surface area (Å²) in [6, 6.07) is 9.66. The highest BCUT2D eigenvalue weighted by Gasteiger charge is 2.31. The van der Waals surface area contributed by atoms with E-state index in [4.69, 9.17) is 0 Å². The molecule has 0 aliphatic heterocycles. The second-order valence-electron chi connectivity index (χ2n) is 7.89. The molecule has 21 heavy (non-hydrogen) atoms. The standard InChI is InChI=1S/C18H30N2O/c1-17(2,3)13-18(4,5)19-16(21)15(20(6)7)14-11-9-8-10-12-14/h8-12,15H,13H2,1-7H3,(H,19,21). The van der Waals surface area contributed by atoms with E-state index in [1.54, 1.807) is 0 Å². The number of hydrogen-bond donors (Lipinski definition) is 1. The molecule has 118 valence electrons. The van der Waals surface area contributed by atoms with Crippen LogP contribution in [0.1, 0.15) is 52.6 Å². The van der Waals surface area contributed by atoms with Crippen molar-refractivity contribution in [2.75, 3.05) is 14.1 Å². The summed E-state index contributed by atoms with van der Waals surface area (Å²) in [5.41, 5.74) is 0.974. The average molecular weight is 290 g/mol. The van der Waals surface area contributed by atoms with Gasteiger partial charge in [-0.1, -0.05) is 51.1 Å². The van der Waals surface area contributed by atoms with Crippen molar-refractivity contribution in [1.82, 2.24) is 10.2 Å². The zero-order chi connectivity index (χ0) is 16.3. The monoisotopic (exact) mass is 290 g/mol. The molecule has 0 aliphatic carbocycles. The number of carbonyl (C=O) groups is 1. The number of benzene rings is 1. The van der Waals surface area contributed by atoms with Crippen molar-refractivity contribution in [2.45, 2.75) is 52.6 Å². The fourth-order valence-corrected chi connectivity index (χ4v) is 3.09. The van der Waals surface area contributed by atoms with E-state index in [2.05, 4.69) is 39.9 Å². The maximum absolute atomic E-state index is 12.7. The fourth-order valence-electron chi connectivity index (χ4n) is 3.09. The SMILES string of the molecule is CN(C)C(C(=O)NC(C)(C)CC(C)(C)C)c1ccccc1. The van der Waals surface area contributed by atoms with Crippen molar-refractivity contribution in [3.05, 3.63) is 35.9 Å². The molecular formula is C18H30N2O. The highest BCUT2D eigenvalue weighted by molar-refractivity contribution is 5.83. The summed E-state index contributed by atoms with van der Waals surface area (Å²) in [5.74, 6) is 0.0560. The smallest absolute Gasteiger partial charge is 0.242 e. The molecule has 0 aromatic heterocycles. The van der Waals surface area contributed by atoms with E-state index in [1.165, 1.54) is 0 Å². The summed E-state index contributed by atoms with van der Waals surface area (Å²) in [7, 11) is 3.88. The first-order valence-corrected chi connectivity index (χ1v) is 7.55. The van der Waals surface area contributed by atoms with Gasteiger partial charge in [0, 0.05) is 5.54 Å². The number of hydrogen-bond acceptors (Lipinski definition) is 2. The zero-order valence-corrected chi connectivity index (χ0v) is 14.5. The van der Waals surface area contributed by atoms with Crippen molar-refractivity contribution in [3.8, 4) is 0 Å². The Morgan fingerprint density at radius 1 is 1.10 bits per heavy atom. The maximum atomic E-state index is 12.7. The maximum Gasteiger partial charge on any atom is 0.242 e. The molecule has 0 fully saturated rings. The van der Waals surface area contributed by atoms with E-state index in [1.807, 2.05) is 49.3 Å². The predicted octanol–water partition coefficient (Wildman–Crippen LogP) is 3.62. The predicted molar refractivity (Wildman–Crippen MR) is 89.2 cm³/mol. The molecule has 0 saturated heterocycles. The number of amides is 1. The van der Waals surface area contributed by atoms with Crippen molar-refractivity contribution >= 4 is 5.91 Å². The first-order chi connectivity index (χ1) is 9.52. The van der Waals surface area contributed by atoms with Crippen LogP contribution in [0.5, 0.6) is 0 Å². The summed E-state index contributed by atoms with van der Waals surface area (Å²) in [6.07, 6.45) is 0.931. The van der Waals surface area contributed by atoms with Gasteiger partial charge in [-0.3, -0.25) is 9.69 Å². The third-order valence-corrected chi connectivity index (χ3v) is 3.31. The van der Waals surface area contributed by atoms with Gasteiger partial charge in [-0.25, -0.2) is 0 Å². The molecule has 1 atom stereocenters. The van der Waals surface area contributed by atoms with Crippen molar-refractivity contribution in [1.29, 1.82) is 0 Å². The van der Waals surface area contributed by atoms with Crippen LogP contribution in [0.2, 0.25) is 0 Å². The summed E-state index contributed by atoms with van der Waals surface area (Å²) in [5, 5.41) is 3.21. The van der Waals surface area contributed by atoms with Gasteiger partial charge in [0.1, 0.15) is 6.04 Å². The van der Waals surface area contributed by atoms with Crippen LogP contribution in [-0.2, 0) is 4.79 Å². The minimum absolute atomic E-state index is 0.0560. The van der Waals surface area contributed by atoms with Gasteiger partial charge < -0.3 is 5.32 Å². The van der Waals surface area contributed by atoms with E-state index in [0.717, 1.165) is 12.0 Å². The molecule has 0 aliphatic rings. The number of carbonyl (C=O) groups excluding carboxylic acids is 1. The molecule has 1 aromatic rings. The van der Waals surface area contributed by atoms with E-state index < -0.39 is 0 Å². The van der Waals surface area contributed by atoms with Crippen LogP contribution >= 0.6 is 0 Å². The van der Waals surface area contributed by atoms with Gasteiger partial charge in [0.15, 0.2) is 0 Å². The van der Waals surface area contributed by atoms with Crippen molar-refractivity contribution < 1.29 is 4.79 Å². The molecule has 1 aromatic carbocycles. The number of nitrogens with one attached hydrogen (secondary N) is 1. The van der Waals surface area contributed by atoms with Crippen LogP contribution in [0.15, 0.2) is 30.3 Å². The molecular weight excluding hydrogens is 260 g/mol. The van der Waals surface area contributed by atoms with Crippen molar-refractivity contribution in [3.63, 3.8) is 0 Å². The van der Waals surface area contributed by atoms with Gasteiger partial charge in [0.25, 0.3) is 0 Å². The van der Waals surface area contributed by atoms with Crippen LogP contribution in [0.25, 0.3) is 0 Å². The van der Waals surface area contributed by atoms with E-state index in [-0.39, 0.29) is 22.9 Å². The van der Waals surface area contributed by atoms with Gasteiger partial charge in [-0.05, 0) is 45.3 Å². The van der Waals surface area contributed by atoms with Gasteiger partial charge in [-0.2, -0.15) is 0 Å². The molecule has 0 radical (unpaired) electrons. The van der Waals surface area contributed by atoms with Crippen LogP contribution in [0.4, 0.5) is 0 Å². The Hall–Kier alpha value is -1.35. The highest BCUT2D eigenvalue weighted by Crippen LogP contribution is 2.28. The van der Waals surface area contributed by atoms with E-state index in [9.17, 15) is 4.79 Å². The van der Waals surface area contributed by atoms with E-state index >= 15 is 0 Å². The molecule has 3 nitrogen and oxygen atoms in total. The lowest BCUT2D eigenvalue weighted by Crippen LogP contribution is -2.49. The lowest BCUT2D eigenvalue weighted by Gasteiger charge is -2.35. The Labute approximate surface area is 129 Å². The van der Waals surface area contributed by atoms with E-state index in [0.29, 0.717) is 0 Å². The molecule has 1 unspecified atom stereocenters. The third-order valence-electron chi connectivity index (χ3n) is 3.31. The zero-order valence-electron chi connectivity index (χ0n) is 14.5. The van der Waals surface area contributed by atoms with Crippen molar-refractivity contribution in [2.24, 2.45) is 5.41 Å². The Morgan fingerprint density at radius 2 is 1.62 bits per heavy atom. The first kappa shape index (κ1) is 17.7. The second-order valence-corrected chi connectivity index (χ2v) is 7.89. The number of rotatable bonds is 5. The van der Waals surface area contributed by atoms with Crippen LogP contribution in [0, 0.1) is 5.41 Å². The highest BCUT2D eigenvalue weighted by atomic mass is 16.2. The average Bonchev–Trinajstić information content (AvgIpc) is 2.25. The van der Waals surface area contributed by atoms with Crippen LogP contribution in [0.3, 0.4) is 0 Å². The largest absolute Gasteiger partial charge is 0.350 e. The molecule has 0 bridgehead atoms. The molecule has 0 spiro atoms. The fraction of sp³-hybridized carbons (Fsp3) is 0.611. The molecule has 1 rings (SSSR count).